The molecular formula is C26H28NO+. The van der Waals surface area contributed by atoms with Crippen molar-refractivity contribution in [3.8, 4) is 0 Å². The number of likely N-dealkylation sites (N-methyl/N-ethyl adjacent to an activating group) is 1. The maximum Gasteiger partial charge on any atom is 0.205 e. The van der Waals surface area contributed by atoms with Crippen LogP contribution in [0.5, 0.6) is 0 Å². The van der Waals surface area contributed by atoms with Crippen molar-refractivity contribution in [3.63, 3.8) is 0 Å². The highest BCUT2D eigenvalue weighted by Crippen LogP contribution is 2.43. The number of rotatable bonds is 4. The van der Waals surface area contributed by atoms with Crippen molar-refractivity contribution >= 4 is 5.78 Å². The third-order valence-corrected chi connectivity index (χ3v) is 6.44. The Bertz CT molecular complexity index is 892. The first kappa shape index (κ1) is 18.6. The Morgan fingerprint density at radius 1 is 0.786 bits per heavy atom. The maximum absolute atomic E-state index is 14.3. The van der Waals surface area contributed by atoms with Gasteiger partial charge in [0, 0.05) is 12.8 Å². The van der Waals surface area contributed by atoms with Crippen molar-refractivity contribution in [1.29, 1.82) is 0 Å². The van der Waals surface area contributed by atoms with E-state index in [0.717, 1.165) is 35.0 Å². The number of carbonyl (C=O) groups excluding carboxylic acids is 1. The average molecular weight is 371 g/mol. The van der Waals surface area contributed by atoms with Gasteiger partial charge in [0.15, 0.2) is 6.04 Å². The molecular weight excluding hydrogens is 342 g/mol. The van der Waals surface area contributed by atoms with E-state index in [-0.39, 0.29) is 6.04 Å². The van der Waals surface area contributed by atoms with Crippen LogP contribution in [0.15, 0.2) is 91.0 Å². The van der Waals surface area contributed by atoms with Gasteiger partial charge in [0.25, 0.3) is 0 Å². The van der Waals surface area contributed by atoms with E-state index in [1.165, 1.54) is 5.56 Å². The van der Waals surface area contributed by atoms with Gasteiger partial charge in [-0.15, -0.1) is 0 Å². The first-order chi connectivity index (χ1) is 13.5. The van der Waals surface area contributed by atoms with E-state index in [1.807, 2.05) is 42.5 Å². The normalized spacial score (nSPS) is 20.6. The number of likely N-dealkylation sites (tertiary alicyclic amines) is 1. The topological polar surface area (TPSA) is 17.1 Å². The van der Waals surface area contributed by atoms with E-state index in [0.29, 0.717) is 5.78 Å². The summed E-state index contributed by atoms with van der Waals surface area (Å²) in [4.78, 5) is 14.3. The van der Waals surface area contributed by atoms with Gasteiger partial charge >= 0.3 is 0 Å². The van der Waals surface area contributed by atoms with Crippen LogP contribution < -0.4 is 0 Å². The molecule has 1 aliphatic rings. The summed E-state index contributed by atoms with van der Waals surface area (Å²) in [5.41, 5.74) is 2.88. The zero-order chi connectivity index (χ0) is 19.6. The second-order valence-corrected chi connectivity index (χ2v) is 8.46. The molecule has 1 atom stereocenters. The van der Waals surface area contributed by atoms with E-state index in [1.54, 1.807) is 0 Å². The summed E-state index contributed by atoms with van der Waals surface area (Å²) in [5.74, 6) is 0.338. The van der Waals surface area contributed by atoms with Crippen LogP contribution in [0.3, 0.4) is 0 Å². The molecule has 0 N–H and O–H groups in total. The van der Waals surface area contributed by atoms with Crippen molar-refractivity contribution in [1.82, 2.24) is 0 Å². The summed E-state index contributed by atoms with van der Waals surface area (Å²) < 4.78 is 0.731. The van der Waals surface area contributed by atoms with Crippen LogP contribution in [0.1, 0.15) is 23.1 Å². The van der Waals surface area contributed by atoms with Gasteiger partial charge in [-0.25, -0.2) is 0 Å². The summed E-state index contributed by atoms with van der Waals surface area (Å²) in [6, 6.07) is 31.1. The van der Waals surface area contributed by atoms with Gasteiger partial charge in [-0.3, -0.25) is 4.79 Å². The molecule has 3 aromatic carbocycles. The molecule has 3 aromatic rings. The van der Waals surface area contributed by atoms with Crippen molar-refractivity contribution in [3.05, 3.63) is 108 Å². The van der Waals surface area contributed by atoms with Gasteiger partial charge in [-0.05, 0) is 16.7 Å². The fourth-order valence-electron chi connectivity index (χ4n) is 4.70. The first-order valence-corrected chi connectivity index (χ1v) is 10.1. The monoisotopic (exact) mass is 370 g/mol. The highest BCUT2D eigenvalue weighted by atomic mass is 16.1. The molecule has 0 aromatic heterocycles. The molecule has 2 nitrogen and oxygen atoms in total. The van der Waals surface area contributed by atoms with Gasteiger partial charge < -0.3 is 4.48 Å². The molecule has 0 spiro atoms. The lowest BCUT2D eigenvalue weighted by molar-refractivity contribution is -0.909. The summed E-state index contributed by atoms with van der Waals surface area (Å²) in [6.07, 6.45) is 1.60. The average Bonchev–Trinajstić information content (AvgIpc) is 2.74. The van der Waals surface area contributed by atoms with Crippen LogP contribution in [-0.4, -0.2) is 36.9 Å². The van der Waals surface area contributed by atoms with Crippen LogP contribution in [0, 0.1) is 0 Å². The minimum absolute atomic E-state index is 0.0726. The van der Waals surface area contributed by atoms with Gasteiger partial charge in [0.2, 0.25) is 5.78 Å². The van der Waals surface area contributed by atoms with Gasteiger partial charge in [-0.2, -0.15) is 0 Å². The molecule has 2 heteroatoms. The smallest absolute Gasteiger partial charge is 0.205 e. The third-order valence-electron chi connectivity index (χ3n) is 6.44. The van der Waals surface area contributed by atoms with E-state index in [9.17, 15) is 4.79 Å². The van der Waals surface area contributed by atoms with E-state index >= 15 is 0 Å². The minimum Gasteiger partial charge on any atom is -0.319 e. The lowest BCUT2D eigenvalue weighted by Crippen LogP contribution is -2.65. The molecule has 1 aliphatic heterocycles. The molecule has 0 bridgehead atoms. The molecule has 0 aliphatic carbocycles. The van der Waals surface area contributed by atoms with E-state index in [2.05, 4.69) is 62.6 Å². The number of piperidine rings is 1. The zero-order valence-electron chi connectivity index (χ0n) is 16.7. The van der Waals surface area contributed by atoms with Gasteiger partial charge in [0.1, 0.15) is 0 Å². The summed E-state index contributed by atoms with van der Waals surface area (Å²) in [7, 11) is 4.40. The number of carbonyl (C=O) groups is 1. The number of nitrogens with zero attached hydrogens (tertiary/aromatic N) is 1. The van der Waals surface area contributed by atoms with Crippen molar-refractivity contribution in [2.45, 2.75) is 24.3 Å². The molecule has 0 unspecified atom stereocenters. The Labute approximate surface area is 168 Å². The van der Waals surface area contributed by atoms with Crippen molar-refractivity contribution in [2.75, 3.05) is 20.6 Å². The molecule has 1 fully saturated rings. The highest BCUT2D eigenvalue weighted by molar-refractivity contribution is 5.97. The standard InChI is InChI=1S/C26H28NO/c1-27(2)19-18-26(22-14-8-4-9-15-22,23-16-10-5-11-17-23)25(28)24(27)20-21-12-6-3-7-13-21/h3-17,24H,18-20H2,1-2H3/q+1/t24-/m1/s1. The molecule has 142 valence electrons. The van der Waals surface area contributed by atoms with E-state index in [4.69, 9.17) is 0 Å². The van der Waals surface area contributed by atoms with E-state index < -0.39 is 5.41 Å². The maximum atomic E-state index is 14.3. The van der Waals surface area contributed by atoms with Gasteiger partial charge in [-0.1, -0.05) is 91.0 Å². The molecule has 0 amide bonds. The first-order valence-electron chi connectivity index (χ1n) is 10.1. The Morgan fingerprint density at radius 2 is 1.25 bits per heavy atom. The predicted octanol–water partition coefficient (Wildman–Crippen LogP) is 4.63. The molecule has 0 saturated carbocycles. The Kier molecular flexibility index (Phi) is 4.91. The number of ketones is 1. The molecule has 28 heavy (non-hydrogen) atoms. The van der Waals surface area contributed by atoms with Crippen molar-refractivity contribution < 1.29 is 9.28 Å². The fraction of sp³-hybridized carbons (Fsp3) is 0.269. The number of benzene rings is 3. The second kappa shape index (κ2) is 7.37. The van der Waals surface area contributed by atoms with Crippen LogP contribution in [-0.2, 0) is 16.6 Å². The molecule has 0 radical (unpaired) electrons. The number of quaternary nitrogens is 1. The quantitative estimate of drug-likeness (QED) is 0.612. The predicted molar refractivity (Wildman–Crippen MR) is 114 cm³/mol. The summed E-state index contributed by atoms with van der Waals surface area (Å²) in [6.45, 7) is 0.965. The number of Topliss-reactive ketones (excluding diaryl/α,β-unsaturated/α-hetero) is 1. The number of hydrogen-bond donors (Lipinski definition) is 0. The largest absolute Gasteiger partial charge is 0.319 e. The molecule has 1 heterocycles. The van der Waals surface area contributed by atoms with Crippen LogP contribution in [0.25, 0.3) is 0 Å². The molecule has 4 rings (SSSR count). The fourth-order valence-corrected chi connectivity index (χ4v) is 4.70. The SMILES string of the molecule is C[N+]1(C)CCC(c2ccccc2)(c2ccccc2)C(=O)[C@H]1Cc1ccccc1. The van der Waals surface area contributed by atoms with Crippen LogP contribution >= 0.6 is 0 Å². The van der Waals surface area contributed by atoms with Crippen LogP contribution in [0.4, 0.5) is 0 Å². The Hall–Kier alpha value is -2.71. The number of hydrogen-bond acceptors (Lipinski definition) is 1. The van der Waals surface area contributed by atoms with Gasteiger partial charge in [0.05, 0.1) is 26.1 Å². The van der Waals surface area contributed by atoms with Crippen molar-refractivity contribution in [2.24, 2.45) is 0 Å². The second-order valence-electron chi connectivity index (χ2n) is 8.46. The summed E-state index contributed by atoms with van der Waals surface area (Å²) >= 11 is 0. The Morgan fingerprint density at radius 3 is 1.75 bits per heavy atom. The third kappa shape index (κ3) is 3.18. The summed E-state index contributed by atoms with van der Waals surface area (Å²) in [5, 5.41) is 0. The molecule has 1 saturated heterocycles. The van der Waals surface area contributed by atoms with Crippen LogP contribution in [0.2, 0.25) is 0 Å². The lowest BCUT2D eigenvalue weighted by atomic mass is 9.64. The highest BCUT2D eigenvalue weighted by Gasteiger charge is 2.54. The minimum atomic E-state index is -0.574. The lowest BCUT2D eigenvalue weighted by Gasteiger charge is -2.49. The zero-order valence-corrected chi connectivity index (χ0v) is 16.7. The Balaban J connectivity index is 1.84.